The Bertz CT molecular complexity index is 320. The summed E-state index contributed by atoms with van der Waals surface area (Å²) in [5, 5.41) is 0. The van der Waals surface area contributed by atoms with E-state index >= 15 is 0 Å². The minimum atomic E-state index is 0.964. The molecule has 19 heavy (non-hydrogen) atoms. The number of hydrogen-bond acceptors (Lipinski definition) is 1. The van der Waals surface area contributed by atoms with E-state index in [1.54, 1.807) is 0 Å². The van der Waals surface area contributed by atoms with Gasteiger partial charge >= 0.3 is 0 Å². The zero-order valence-corrected chi connectivity index (χ0v) is 13.3. The number of aryl methyl sites for hydroxylation is 1. The highest BCUT2D eigenvalue weighted by Crippen LogP contribution is 2.25. The molecular formula is C18H31N. The minimum Gasteiger partial charge on any atom is -0.372 e. The smallest absolute Gasteiger partial charge is 0.0366 e. The number of anilines is 1. The fraction of sp³-hybridized carbons (Fsp3) is 0.667. The Kier molecular flexibility index (Phi) is 7.62. The summed E-state index contributed by atoms with van der Waals surface area (Å²) in [7, 11) is 0. The summed E-state index contributed by atoms with van der Waals surface area (Å²) in [6, 6.07) is 9.20. The van der Waals surface area contributed by atoms with E-state index in [1.807, 2.05) is 13.8 Å². The Labute approximate surface area is 120 Å². The Hall–Kier alpha value is -0.980. The lowest BCUT2D eigenvalue weighted by molar-refractivity contribution is 0.395. The largest absolute Gasteiger partial charge is 0.372 e. The average Bonchev–Trinajstić information content (AvgIpc) is 2.51. The van der Waals surface area contributed by atoms with E-state index in [1.165, 1.54) is 56.4 Å². The summed E-state index contributed by atoms with van der Waals surface area (Å²) in [5.41, 5.74) is 2.89. The van der Waals surface area contributed by atoms with Crippen LogP contribution in [0.3, 0.4) is 0 Å². The quantitative estimate of drug-likeness (QED) is 0.711. The SMILES string of the molecule is CC.CCCc1ccc(N2CCC(CC)CC2)cc1. The molecule has 1 nitrogen and oxygen atoms in total. The van der Waals surface area contributed by atoms with Crippen LogP contribution in [0.5, 0.6) is 0 Å². The maximum atomic E-state index is 2.54. The van der Waals surface area contributed by atoms with Crippen molar-refractivity contribution in [3.8, 4) is 0 Å². The maximum Gasteiger partial charge on any atom is 0.0366 e. The molecule has 1 aliphatic rings. The summed E-state index contributed by atoms with van der Waals surface area (Å²) < 4.78 is 0. The molecule has 1 aromatic carbocycles. The van der Waals surface area contributed by atoms with Gasteiger partial charge in [-0.15, -0.1) is 0 Å². The Morgan fingerprint density at radius 2 is 1.58 bits per heavy atom. The monoisotopic (exact) mass is 261 g/mol. The standard InChI is InChI=1S/C16H25N.C2H6/c1-3-5-15-6-8-16(9-7-15)17-12-10-14(4-2)11-13-17;1-2/h6-9,14H,3-5,10-13H2,1-2H3;1-2H3. The van der Waals surface area contributed by atoms with Crippen LogP contribution in [-0.4, -0.2) is 13.1 Å². The second-order valence-electron chi connectivity index (χ2n) is 5.26. The van der Waals surface area contributed by atoms with Gasteiger partial charge in [-0.2, -0.15) is 0 Å². The highest BCUT2D eigenvalue weighted by molar-refractivity contribution is 5.47. The van der Waals surface area contributed by atoms with Crippen LogP contribution in [0, 0.1) is 5.92 Å². The first-order valence-corrected chi connectivity index (χ1v) is 8.17. The van der Waals surface area contributed by atoms with Crippen LogP contribution in [0.25, 0.3) is 0 Å². The zero-order valence-electron chi connectivity index (χ0n) is 13.3. The molecule has 1 saturated heterocycles. The van der Waals surface area contributed by atoms with Gasteiger partial charge in [0, 0.05) is 18.8 Å². The number of hydrogen-bond donors (Lipinski definition) is 0. The van der Waals surface area contributed by atoms with Crippen molar-refractivity contribution in [1.82, 2.24) is 0 Å². The summed E-state index contributed by atoms with van der Waals surface area (Å²) in [4.78, 5) is 2.54. The third-order valence-corrected chi connectivity index (χ3v) is 4.03. The zero-order chi connectivity index (χ0) is 14.1. The number of benzene rings is 1. The molecule has 0 saturated carbocycles. The second-order valence-corrected chi connectivity index (χ2v) is 5.26. The molecule has 1 heterocycles. The van der Waals surface area contributed by atoms with Gasteiger partial charge in [-0.25, -0.2) is 0 Å². The van der Waals surface area contributed by atoms with Crippen LogP contribution < -0.4 is 4.90 Å². The third-order valence-electron chi connectivity index (χ3n) is 4.03. The molecule has 1 aromatic rings. The van der Waals surface area contributed by atoms with Crippen LogP contribution in [-0.2, 0) is 6.42 Å². The summed E-state index contributed by atoms with van der Waals surface area (Å²) in [6.45, 7) is 11.0. The van der Waals surface area contributed by atoms with Crippen molar-refractivity contribution in [2.75, 3.05) is 18.0 Å². The maximum absolute atomic E-state index is 2.54. The van der Waals surface area contributed by atoms with Crippen LogP contribution in [0.1, 0.15) is 58.9 Å². The summed E-state index contributed by atoms with van der Waals surface area (Å²) in [5.74, 6) is 0.964. The highest BCUT2D eigenvalue weighted by Gasteiger charge is 2.17. The molecule has 0 unspecified atom stereocenters. The van der Waals surface area contributed by atoms with Crippen LogP contribution in [0.2, 0.25) is 0 Å². The third kappa shape index (κ3) is 4.89. The predicted octanol–water partition coefficient (Wildman–Crippen LogP) is 5.29. The van der Waals surface area contributed by atoms with Gasteiger partial charge in [-0.3, -0.25) is 0 Å². The molecule has 0 atom stereocenters. The van der Waals surface area contributed by atoms with Gasteiger partial charge in [0.15, 0.2) is 0 Å². The molecule has 1 fully saturated rings. The summed E-state index contributed by atoms with van der Waals surface area (Å²) in [6.07, 6.45) is 6.53. The summed E-state index contributed by atoms with van der Waals surface area (Å²) >= 11 is 0. The van der Waals surface area contributed by atoms with E-state index in [-0.39, 0.29) is 0 Å². The van der Waals surface area contributed by atoms with Crippen molar-refractivity contribution in [2.24, 2.45) is 5.92 Å². The van der Waals surface area contributed by atoms with E-state index in [2.05, 4.69) is 43.0 Å². The molecule has 0 amide bonds. The van der Waals surface area contributed by atoms with Crippen LogP contribution >= 0.6 is 0 Å². The van der Waals surface area contributed by atoms with E-state index in [0.717, 1.165) is 5.92 Å². The number of rotatable bonds is 4. The van der Waals surface area contributed by atoms with Gasteiger partial charge in [0.25, 0.3) is 0 Å². The van der Waals surface area contributed by atoms with Crippen molar-refractivity contribution < 1.29 is 0 Å². The minimum absolute atomic E-state index is 0.964. The first-order valence-electron chi connectivity index (χ1n) is 8.17. The fourth-order valence-electron chi connectivity index (χ4n) is 2.76. The van der Waals surface area contributed by atoms with Crippen molar-refractivity contribution >= 4 is 5.69 Å². The lowest BCUT2D eigenvalue weighted by Gasteiger charge is -2.33. The molecule has 0 aliphatic carbocycles. The predicted molar refractivity (Wildman–Crippen MR) is 87.0 cm³/mol. The van der Waals surface area contributed by atoms with Gasteiger partial charge in [0.2, 0.25) is 0 Å². The molecule has 1 aliphatic heterocycles. The number of piperidine rings is 1. The first-order chi connectivity index (χ1) is 9.33. The van der Waals surface area contributed by atoms with Crippen molar-refractivity contribution in [2.45, 2.75) is 59.8 Å². The van der Waals surface area contributed by atoms with Crippen LogP contribution in [0.15, 0.2) is 24.3 Å². The highest BCUT2D eigenvalue weighted by atomic mass is 15.1. The topological polar surface area (TPSA) is 3.24 Å². The molecule has 108 valence electrons. The number of nitrogens with zero attached hydrogens (tertiary/aromatic N) is 1. The van der Waals surface area contributed by atoms with Gasteiger partial charge in [-0.05, 0) is 42.9 Å². The molecule has 0 aromatic heterocycles. The molecule has 1 heteroatoms. The Balaban J connectivity index is 0.000000861. The van der Waals surface area contributed by atoms with E-state index in [4.69, 9.17) is 0 Å². The van der Waals surface area contributed by atoms with Crippen molar-refractivity contribution in [1.29, 1.82) is 0 Å². The van der Waals surface area contributed by atoms with E-state index in [9.17, 15) is 0 Å². The second kappa shape index (κ2) is 9.01. The molecular weight excluding hydrogens is 230 g/mol. The Morgan fingerprint density at radius 1 is 1.00 bits per heavy atom. The van der Waals surface area contributed by atoms with Gasteiger partial charge in [0.1, 0.15) is 0 Å². The first kappa shape index (κ1) is 16.1. The molecule has 0 radical (unpaired) electrons. The molecule has 2 rings (SSSR count). The van der Waals surface area contributed by atoms with E-state index in [0.29, 0.717) is 0 Å². The average molecular weight is 261 g/mol. The van der Waals surface area contributed by atoms with Gasteiger partial charge in [-0.1, -0.05) is 52.7 Å². The Morgan fingerprint density at radius 3 is 2.05 bits per heavy atom. The fourth-order valence-corrected chi connectivity index (χ4v) is 2.76. The molecule has 0 spiro atoms. The van der Waals surface area contributed by atoms with E-state index < -0.39 is 0 Å². The lowest BCUT2D eigenvalue weighted by Crippen LogP contribution is -2.33. The molecule has 0 bridgehead atoms. The lowest BCUT2D eigenvalue weighted by atomic mass is 9.94. The van der Waals surface area contributed by atoms with Crippen molar-refractivity contribution in [3.63, 3.8) is 0 Å². The van der Waals surface area contributed by atoms with Crippen LogP contribution in [0.4, 0.5) is 5.69 Å². The molecule has 0 N–H and O–H groups in total. The van der Waals surface area contributed by atoms with Gasteiger partial charge < -0.3 is 4.90 Å². The van der Waals surface area contributed by atoms with Gasteiger partial charge in [0.05, 0.1) is 0 Å². The van der Waals surface area contributed by atoms with Crippen molar-refractivity contribution in [3.05, 3.63) is 29.8 Å². The normalized spacial score (nSPS) is 15.9.